The van der Waals surface area contributed by atoms with Crippen LogP contribution in [-0.4, -0.2) is 39.9 Å². The van der Waals surface area contributed by atoms with Gasteiger partial charge in [0, 0.05) is 94.4 Å². The fourth-order valence-electron chi connectivity index (χ4n) is 14.0. The Morgan fingerprint density at radius 2 is 0.520 bits per heavy atom. The molecule has 0 amide bonds. The van der Waals surface area contributed by atoms with Gasteiger partial charge in [0.1, 0.15) is 0 Å². The van der Waals surface area contributed by atoms with E-state index in [1.807, 2.05) is 116 Å². The Balaban J connectivity index is 0.000000149. The molecular formula is C94H60N8. The van der Waals surface area contributed by atoms with Gasteiger partial charge in [-0.15, -0.1) is 0 Å². The second kappa shape index (κ2) is 26.5. The molecule has 6 heterocycles. The summed E-state index contributed by atoms with van der Waals surface area (Å²) >= 11 is 0. The lowest BCUT2D eigenvalue weighted by atomic mass is 9.92. The molecule has 0 aliphatic rings. The van der Waals surface area contributed by atoms with E-state index >= 15 is 0 Å². The van der Waals surface area contributed by atoms with Crippen LogP contribution in [0, 0.1) is 0 Å². The van der Waals surface area contributed by atoms with Gasteiger partial charge in [-0.05, 0) is 87.0 Å². The number of aromatic nitrogens is 8. The summed E-state index contributed by atoms with van der Waals surface area (Å²) in [5, 5.41) is 9.07. The fraction of sp³-hybridized carbons (Fsp3) is 0. The summed E-state index contributed by atoms with van der Waals surface area (Å²) in [6.07, 6.45) is 3.65. The lowest BCUT2D eigenvalue weighted by Crippen LogP contribution is -2.00. The van der Waals surface area contributed by atoms with Crippen LogP contribution in [0.5, 0.6) is 0 Å². The molecular weight excluding hydrogens is 1240 g/mol. The molecule has 0 radical (unpaired) electrons. The minimum atomic E-state index is 0.642. The van der Waals surface area contributed by atoms with Gasteiger partial charge in [-0.1, -0.05) is 309 Å². The number of rotatable bonds is 11. The monoisotopic (exact) mass is 1300 g/mol. The largest absolute Gasteiger partial charge is 0.265 e. The van der Waals surface area contributed by atoms with Crippen molar-refractivity contribution >= 4 is 65.2 Å². The molecule has 13 aromatic carbocycles. The van der Waals surface area contributed by atoms with Crippen molar-refractivity contribution in [3.8, 4) is 124 Å². The van der Waals surface area contributed by atoms with Crippen LogP contribution in [0.1, 0.15) is 0 Å². The molecule has 0 fully saturated rings. The van der Waals surface area contributed by atoms with Gasteiger partial charge in [-0.2, -0.15) is 0 Å². The molecule has 0 bridgehead atoms. The molecule has 19 aromatic rings. The zero-order valence-corrected chi connectivity index (χ0v) is 55.2. The zero-order valence-electron chi connectivity index (χ0n) is 55.2. The molecule has 0 aliphatic heterocycles. The molecule has 8 nitrogen and oxygen atoms in total. The van der Waals surface area contributed by atoms with E-state index in [0.717, 1.165) is 144 Å². The Hall–Kier alpha value is -13.8. The topological polar surface area (TPSA) is 103 Å². The van der Waals surface area contributed by atoms with Gasteiger partial charge in [0.15, 0.2) is 17.5 Å². The van der Waals surface area contributed by atoms with Gasteiger partial charge in [0.2, 0.25) is 0 Å². The first-order valence-corrected chi connectivity index (χ1v) is 34.2. The van der Waals surface area contributed by atoms with E-state index in [0.29, 0.717) is 17.5 Å². The molecule has 476 valence electrons. The quantitative estimate of drug-likeness (QED) is 0.118. The molecule has 0 saturated carbocycles. The number of pyridine rings is 5. The Bertz CT molecular complexity index is 6260. The smallest absolute Gasteiger partial charge is 0.164 e. The predicted molar refractivity (Wildman–Crippen MR) is 420 cm³/mol. The van der Waals surface area contributed by atoms with Gasteiger partial charge < -0.3 is 0 Å². The highest BCUT2D eigenvalue weighted by Gasteiger charge is 2.19. The molecule has 0 aliphatic carbocycles. The van der Waals surface area contributed by atoms with Crippen molar-refractivity contribution in [2.24, 2.45) is 0 Å². The number of nitrogens with zero attached hydrogens (tertiary/aromatic N) is 8. The molecule has 8 heteroatoms. The third kappa shape index (κ3) is 11.7. The van der Waals surface area contributed by atoms with Crippen molar-refractivity contribution in [2.45, 2.75) is 0 Å². The third-order valence-corrected chi connectivity index (χ3v) is 19.1. The number of hydrogen-bond donors (Lipinski definition) is 0. The van der Waals surface area contributed by atoms with Crippen LogP contribution < -0.4 is 0 Å². The molecule has 0 N–H and O–H groups in total. The average molecular weight is 1300 g/mol. The molecule has 0 saturated heterocycles. The van der Waals surface area contributed by atoms with Crippen LogP contribution in [0.4, 0.5) is 0 Å². The second-order valence-corrected chi connectivity index (χ2v) is 25.3. The van der Waals surface area contributed by atoms with Gasteiger partial charge in [0.05, 0.1) is 44.8 Å². The van der Waals surface area contributed by atoms with Gasteiger partial charge in [-0.25, -0.2) is 34.9 Å². The average Bonchev–Trinajstić information content (AvgIpc) is 0.758. The van der Waals surface area contributed by atoms with Crippen LogP contribution in [0.15, 0.2) is 364 Å². The summed E-state index contributed by atoms with van der Waals surface area (Å²) in [6, 6.07) is 122. The molecule has 6 aromatic heterocycles. The SMILES string of the molecule is c1ccc(-c2ccc(-c3nc4ccccc4c4c(-c5ccc(-c6ccc(-c7nc(-c8ccccc8)nc(-c8ccccc8)n7)cc6)cc5)cccc34)cc2)cc1.c1ccc(-c2ccc3ccc4ccc(-c5cccc(-c6cccc7c(-c8ccncc8)nc8ccccc8c67)c5)nc4c3n2)cc1. The van der Waals surface area contributed by atoms with E-state index in [-0.39, 0.29) is 0 Å². The number of benzene rings is 13. The van der Waals surface area contributed by atoms with Crippen LogP contribution in [-0.2, 0) is 0 Å². The van der Waals surface area contributed by atoms with E-state index < -0.39 is 0 Å². The van der Waals surface area contributed by atoms with Gasteiger partial charge >= 0.3 is 0 Å². The highest BCUT2D eigenvalue weighted by Crippen LogP contribution is 2.43. The standard InChI is InChI=1S/C52H34N4.C42H26N4/c1-4-13-35(14-5-1)36-25-31-40(32-26-36)49-46-21-12-20-44(48(46)45-19-10-11-22-47(45)53-49)39-29-23-37(24-30-39)38-27-33-43(34-28-38)52-55-50(41-15-6-2-7-16-41)54-51(56-52)42-17-8-3-9-18-42;1-2-8-27(9-3-1)36-20-18-28-16-17-29-19-21-37(45-42(29)41(28)44-36)32-11-6-10-31(26-32)33-13-7-14-35-39(33)34-12-4-5-15-38(34)46-40(35)30-22-24-43-25-23-30/h1-34H;1-26H. The number of hydrogen-bond acceptors (Lipinski definition) is 8. The fourth-order valence-corrected chi connectivity index (χ4v) is 14.0. The maximum absolute atomic E-state index is 5.23. The maximum atomic E-state index is 5.23. The van der Waals surface area contributed by atoms with E-state index in [9.17, 15) is 0 Å². The number of para-hydroxylation sites is 2. The van der Waals surface area contributed by atoms with Crippen LogP contribution in [0.25, 0.3) is 189 Å². The summed E-state index contributed by atoms with van der Waals surface area (Å²) in [4.78, 5) is 39.6. The first kappa shape index (κ1) is 60.6. The minimum absolute atomic E-state index is 0.642. The van der Waals surface area contributed by atoms with Crippen molar-refractivity contribution < 1.29 is 0 Å². The Labute approximate surface area is 589 Å². The van der Waals surface area contributed by atoms with Crippen molar-refractivity contribution in [3.05, 3.63) is 364 Å². The van der Waals surface area contributed by atoms with Crippen molar-refractivity contribution in [2.75, 3.05) is 0 Å². The summed E-state index contributed by atoms with van der Waals surface area (Å²) in [5.74, 6) is 1.95. The Morgan fingerprint density at radius 3 is 1.02 bits per heavy atom. The van der Waals surface area contributed by atoms with Crippen molar-refractivity contribution in [1.82, 2.24) is 39.9 Å². The third-order valence-electron chi connectivity index (χ3n) is 19.1. The Kier molecular flexibility index (Phi) is 15.8. The lowest BCUT2D eigenvalue weighted by molar-refractivity contribution is 1.07. The highest BCUT2D eigenvalue weighted by molar-refractivity contribution is 6.18. The minimum Gasteiger partial charge on any atom is -0.265 e. The second-order valence-electron chi connectivity index (χ2n) is 25.3. The summed E-state index contributed by atoms with van der Waals surface area (Å²) in [6.45, 7) is 0. The first-order chi connectivity index (χ1) is 50.5. The highest BCUT2D eigenvalue weighted by atomic mass is 15.0. The zero-order chi connectivity index (χ0) is 67.7. The van der Waals surface area contributed by atoms with E-state index in [4.69, 9.17) is 34.9 Å². The number of fused-ring (bicyclic) bond motifs is 9. The first-order valence-electron chi connectivity index (χ1n) is 34.2. The van der Waals surface area contributed by atoms with Crippen LogP contribution >= 0.6 is 0 Å². The van der Waals surface area contributed by atoms with E-state index in [1.54, 1.807) is 0 Å². The van der Waals surface area contributed by atoms with Crippen LogP contribution in [0.3, 0.4) is 0 Å². The molecule has 19 rings (SSSR count). The van der Waals surface area contributed by atoms with E-state index in [1.165, 1.54) is 27.5 Å². The summed E-state index contributed by atoms with van der Waals surface area (Å²) in [7, 11) is 0. The normalized spacial score (nSPS) is 11.3. The van der Waals surface area contributed by atoms with Crippen LogP contribution in [0.2, 0.25) is 0 Å². The molecule has 0 atom stereocenters. The van der Waals surface area contributed by atoms with Gasteiger partial charge in [-0.3, -0.25) is 4.98 Å². The predicted octanol–water partition coefficient (Wildman–Crippen LogP) is 23.8. The molecule has 102 heavy (non-hydrogen) atoms. The van der Waals surface area contributed by atoms with E-state index in [2.05, 4.69) is 254 Å². The summed E-state index contributed by atoms with van der Waals surface area (Å²) < 4.78 is 0. The lowest BCUT2D eigenvalue weighted by Gasteiger charge is -2.15. The molecule has 0 spiro atoms. The molecule has 0 unspecified atom stereocenters. The van der Waals surface area contributed by atoms with Gasteiger partial charge in [0.25, 0.3) is 0 Å². The summed E-state index contributed by atoms with van der Waals surface area (Å²) in [5.41, 5.74) is 24.0. The Morgan fingerprint density at radius 1 is 0.186 bits per heavy atom. The van der Waals surface area contributed by atoms with Crippen molar-refractivity contribution in [1.29, 1.82) is 0 Å². The maximum Gasteiger partial charge on any atom is 0.164 e. The van der Waals surface area contributed by atoms with Crippen molar-refractivity contribution in [3.63, 3.8) is 0 Å².